The van der Waals surface area contributed by atoms with Crippen LogP contribution in [0.15, 0.2) is 237 Å². The zero-order valence-electron chi connectivity index (χ0n) is 35.4. The van der Waals surface area contributed by atoms with Gasteiger partial charge in [0.2, 0.25) is 0 Å². The third-order valence-corrected chi connectivity index (χ3v) is 13.0. The van der Waals surface area contributed by atoms with Gasteiger partial charge in [0.15, 0.2) is 0 Å². The van der Waals surface area contributed by atoms with E-state index in [1.807, 2.05) is 18.3 Å². The van der Waals surface area contributed by atoms with Gasteiger partial charge in [0.1, 0.15) is 11.8 Å². The lowest BCUT2D eigenvalue weighted by atomic mass is 9.33. The van der Waals surface area contributed by atoms with Crippen LogP contribution in [0.3, 0.4) is 0 Å². The maximum atomic E-state index is 9.73. The van der Waals surface area contributed by atoms with Gasteiger partial charge >= 0.3 is 0 Å². The van der Waals surface area contributed by atoms with Gasteiger partial charge in [-0.15, -0.1) is 0 Å². The highest BCUT2D eigenvalue weighted by atomic mass is 15.2. The number of nitrogens with zero attached hydrogens (tertiary/aromatic N) is 4. The fraction of sp³-hybridized carbons (Fsp3) is 0. The number of rotatable bonds is 7. The monoisotopic (exact) mass is 826 g/mol. The molecule has 0 saturated carbocycles. The second-order valence-corrected chi connectivity index (χ2v) is 16.7. The fourth-order valence-corrected chi connectivity index (χ4v) is 9.85. The lowest BCUT2D eigenvalue weighted by Gasteiger charge is -2.44. The molecule has 10 aromatic rings. The van der Waals surface area contributed by atoms with Gasteiger partial charge in [0.05, 0.1) is 0 Å². The van der Waals surface area contributed by atoms with Crippen LogP contribution in [0.2, 0.25) is 0 Å². The molecule has 0 fully saturated rings. The van der Waals surface area contributed by atoms with Crippen molar-refractivity contribution < 1.29 is 0 Å². The number of pyridine rings is 1. The van der Waals surface area contributed by atoms with Gasteiger partial charge in [-0.1, -0.05) is 170 Å². The summed E-state index contributed by atoms with van der Waals surface area (Å²) >= 11 is 0. The molecule has 2 aliphatic rings. The smallest absolute Gasteiger partial charge is 0.252 e. The molecule has 4 nitrogen and oxygen atoms in total. The van der Waals surface area contributed by atoms with E-state index in [2.05, 4.69) is 239 Å². The summed E-state index contributed by atoms with van der Waals surface area (Å²) in [6, 6.07) is 85.2. The van der Waals surface area contributed by atoms with E-state index in [0.29, 0.717) is 5.69 Å². The molecule has 65 heavy (non-hydrogen) atoms. The van der Waals surface area contributed by atoms with E-state index < -0.39 is 0 Å². The van der Waals surface area contributed by atoms with E-state index in [0.717, 1.165) is 56.4 Å². The summed E-state index contributed by atoms with van der Waals surface area (Å²) in [5.41, 5.74) is 22.0. The first-order chi connectivity index (χ1) is 32.2. The molecule has 2 aliphatic heterocycles. The van der Waals surface area contributed by atoms with Crippen LogP contribution in [-0.2, 0) is 0 Å². The average Bonchev–Trinajstić information content (AvgIpc) is 3.39. The van der Waals surface area contributed by atoms with Gasteiger partial charge < -0.3 is 9.80 Å². The van der Waals surface area contributed by atoms with E-state index in [9.17, 15) is 5.26 Å². The number of hydrogen-bond acceptors (Lipinski definition) is 4. The predicted octanol–water partition coefficient (Wildman–Crippen LogP) is 13.4. The third-order valence-electron chi connectivity index (χ3n) is 13.0. The number of nitriles is 1. The number of anilines is 6. The van der Waals surface area contributed by atoms with Crippen LogP contribution in [0.1, 0.15) is 5.69 Å². The molecule has 1 aromatic heterocycles. The van der Waals surface area contributed by atoms with Crippen LogP contribution in [-0.4, -0.2) is 11.7 Å². The molecule has 0 N–H and O–H groups in total. The molecule has 12 rings (SSSR count). The van der Waals surface area contributed by atoms with Crippen LogP contribution in [0.25, 0.3) is 55.6 Å². The molecule has 5 heteroatoms. The maximum Gasteiger partial charge on any atom is 0.252 e. The summed E-state index contributed by atoms with van der Waals surface area (Å²) < 4.78 is 0. The minimum absolute atomic E-state index is 0.106. The average molecular weight is 827 g/mol. The van der Waals surface area contributed by atoms with E-state index in [1.165, 1.54) is 49.8 Å². The number of fused-ring (bicyclic) bond motifs is 4. The van der Waals surface area contributed by atoms with Crippen molar-refractivity contribution >= 4 is 57.2 Å². The van der Waals surface area contributed by atoms with Gasteiger partial charge in [-0.25, -0.2) is 4.98 Å². The normalized spacial score (nSPS) is 12.2. The summed E-state index contributed by atoms with van der Waals surface area (Å²) in [4.78, 5) is 9.47. The molecular formula is C60H39BN4. The topological polar surface area (TPSA) is 43.2 Å². The summed E-state index contributed by atoms with van der Waals surface area (Å²) in [6.07, 6.45) is 1.83. The van der Waals surface area contributed by atoms with Crippen LogP contribution in [0, 0.1) is 11.3 Å². The molecule has 0 saturated heterocycles. The Kier molecular flexibility index (Phi) is 9.28. The number of benzene rings is 9. The highest BCUT2D eigenvalue weighted by Crippen LogP contribution is 2.47. The minimum atomic E-state index is -0.106. The first-order valence-corrected chi connectivity index (χ1v) is 22.0. The summed E-state index contributed by atoms with van der Waals surface area (Å²) in [7, 11) is 0. The zero-order valence-corrected chi connectivity index (χ0v) is 35.4. The first kappa shape index (κ1) is 38.0. The molecule has 9 aromatic carbocycles. The predicted molar refractivity (Wildman–Crippen MR) is 270 cm³/mol. The molecule has 0 aliphatic carbocycles. The van der Waals surface area contributed by atoms with E-state index in [4.69, 9.17) is 0 Å². The zero-order chi connectivity index (χ0) is 43.3. The Morgan fingerprint density at radius 2 is 0.708 bits per heavy atom. The number of aromatic nitrogens is 1. The second-order valence-electron chi connectivity index (χ2n) is 16.7. The van der Waals surface area contributed by atoms with Gasteiger partial charge in [0, 0.05) is 45.9 Å². The lowest BCUT2D eigenvalue weighted by Crippen LogP contribution is -2.61. The molecule has 0 atom stereocenters. The number of hydrogen-bond donors (Lipinski definition) is 0. The Labute approximate surface area is 379 Å². The fourth-order valence-electron chi connectivity index (χ4n) is 9.85. The summed E-state index contributed by atoms with van der Waals surface area (Å²) in [6.45, 7) is -0.106. The van der Waals surface area contributed by atoms with Crippen molar-refractivity contribution in [3.05, 3.63) is 242 Å². The molecule has 0 bridgehead atoms. The third kappa shape index (κ3) is 6.68. The minimum Gasteiger partial charge on any atom is -0.311 e. The second kappa shape index (κ2) is 15.9. The molecule has 0 unspecified atom stereocenters. The van der Waals surface area contributed by atoms with Crippen LogP contribution in [0.5, 0.6) is 0 Å². The van der Waals surface area contributed by atoms with Crippen molar-refractivity contribution in [3.63, 3.8) is 0 Å². The van der Waals surface area contributed by atoms with Crippen molar-refractivity contribution in [2.24, 2.45) is 0 Å². The van der Waals surface area contributed by atoms with E-state index in [1.54, 1.807) is 0 Å². The van der Waals surface area contributed by atoms with Gasteiger partial charge in [-0.3, -0.25) is 0 Å². The Balaban J connectivity index is 1.15. The van der Waals surface area contributed by atoms with Gasteiger partial charge in [-0.05, 0) is 127 Å². The molecule has 0 spiro atoms. The Morgan fingerprint density at radius 1 is 0.338 bits per heavy atom. The Hall–Kier alpha value is -8.72. The van der Waals surface area contributed by atoms with Crippen LogP contribution in [0.4, 0.5) is 34.1 Å². The molecule has 0 radical (unpaired) electrons. The van der Waals surface area contributed by atoms with Crippen molar-refractivity contribution in [1.82, 2.24) is 4.98 Å². The van der Waals surface area contributed by atoms with E-state index in [-0.39, 0.29) is 6.71 Å². The molecule has 3 heterocycles. The van der Waals surface area contributed by atoms with Crippen LogP contribution < -0.4 is 26.2 Å². The first-order valence-electron chi connectivity index (χ1n) is 22.0. The van der Waals surface area contributed by atoms with Crippen LogP contribution >= 0.6 is 0 Å². The summed E-state index contributed by atoms with van der Waals surface area (Å²) in [5.74, 6) is 0. The maximum absolute atomic E-state index is 9.73. The van der Waals surface area contributed by atoms with Crippen molar-refractivity contribution in [2.75, 3.05) is 9.80 Å². The van der Waals surface area contributed by atoms with Crippen molar-refractivity contribution in [1.29, 1.82) is 5.26 Å². The van der Waals surface area contributed by atoms with Gasteiger partial charge in [0.25, 0.3) is 6.71 Å². The summed E-state index contributed by atoms with van der Waals surface area (Å²) in [5, 5.41) is 9.73. The van der Waals surface area contributed by atoms with E-state index >= 15 is 0 Å². The largest absolute Gasteiger partial charge is 0.311 e. The highest BCUT2D eigenvalue weighted by molar-refractivity contribution is 7.00. The standard InChI is InChI=1S/C60H39BN4/c62-39-51-28-21-49(40-63-51)50-37-58-60-59(38-50)65(53-31-24-46(25-32-53)42-15-7-2-8-16-42)57-34-27-48(44-19-11-4-12-20-44)36-55(57)61(60)54-35-47(43-17-9-3-10-18-43)26-33-56(54)64(58)52-29-22-45(23-30-52)41-13-5-1-6-14-41/h1-38,40H. The molecule has 0 amide bonds. The van der Waals surface area contributed by atoms with Gasteiger partial charge in [-0.2, -0.15) is 5.26 Å². The highest BCUT2D eigenvalue weighted by Gasteiger charge is 2.44. The Bertz CT molecular complexity index is 3210. The lowest BCUT2D eigenvalue weighted by molar-refractivity contribution is 1.24. The molecular weight excluding hydrogens is 787 g/mol. The molecule has 302 valence electrons. The van der Waals surface area contributed by atoms with Crippen molar-refractivity contribution in [3.8, 4) is 61.7 Å². The quantitative estimate of drug-likeness (QED) is 0.150. The Morgan fingerprint density at radius 3 is 1.09 bits per heavy atom. The SMILES string of the molecule is N#Cc1ccc(-c2cc3c4c(c2)N(c2ccc(-c5ccccc5)cc2)c2ccc(-c5ccccc5)cc2B4c2cc(-c4ccccc4)ccc2N3c2ccc(-c3ccccc3)cc2)cn1. The van der Waals surface area contributed by atoms with Crippen molar-refractivity contribution in [2.45, 2.75) is 0 Å².